The highest BCUT2D eigenvalue weighted by Gasteiger charge is 2.32. The summed E-state index contributed by atoms with van der Waals surface area (Å²) in [6.07, 6.45) is 4.64. The number of nitrogens with zero attached hydrogens (tertiary/aromatic N) is 3. The lowest BCUT2D eigenvalue weighted by atomic mass is 10.0. The normalized spacial score (nSPS) is 15.9. The maximum absolute atomic E-state index is 13.2. The van der Waals surface area contributed by atoms with E-state index in [1.165, 1.54) is 6.20 Å². The Balaban J connectivity index is 1.25. The monoisotopic (exact) mass is 512 g/mol. The molecule has 4 N–H and O–H groups in total. The predicted molar refractivity (Wildman–Crippen MR) is 146 cm³/mol. The number of anilines is 3. The second kappa shape index (κ2) is 11.3. The zero-order valence-electron chi connectivity index (χ0n) is 21.2. The molecule has 2 saturated heterocycles. The molecule has 196 valence electrons. The van der Waals surface area contributed by atoms with Crippen molar-refractivity contribution in [2.45, 2.75) is 38.3 Å². The van der Waals surface area contributed by atoms with Crippen LogP contribution in [0.15, 0.2) is 66.9 Å². The zero-order valence-corrected chi connectivity index (χ0v) is 21.2. The highest BCUT2D eigenvalue weighted by molar-refractivity contribution is 5.99. The van der Waals surface area contributed by atoms with Crippen molar-refractivity contribution in [3.8, 4) is 0 Å². The number of rotatable bonds is 8. The molecular weight excluding hydrogens is 480 g/mol. The summed E-state index contributed by atoms with van der Waals surface area (Å²) in [7, 11) is 0. The standard InChI is InChI=1S/C29H32N6O3/c30-28(37)24-19-32-26(17-25(24)31-18-20-6-2-1-3-7-20)33-22-9-4-8-21(16-22)29(38)34-14-11-23(12-15-34)35-13-5-10-27(35)36/h1-4,6-9,16-17,19,23H,5,10-15,18H2,(H2,30,37)(H2,31,32,33). The van der Waals surface area contributed by atoms with E-state index in [2.05, 4.69) is 15.6 Å². The first kappa shape index (κ1) is 25.3. The van der Waals surface area contributed by atoms with Crippen LogP contribution in [0.3, 0.4) is 0 Å². The highest BCUT2D eigenvalue weighted by Crippen LogP contribution is 2.25. The maximum Gasteiger partial charge on any atom is 0.253 e. The second-order valence-corrected chi connectivity index (χ2v) is 9.74. The van der Waals surface area contributed by atoms with E-state index in [0.717, 1.165) is 31.4 Å². The number of benzene rings is 2. The number of amides is 3. The topological polar surface area (TPSA) is 121 Å². The number of nitrogens with two attached hydrogens (primary N) is 1. The van der Waals surface area contributed by atoms with Crippen molar-refractivity contribution in [1.29, 1.82) is 0 Å². The summed E-state index contributed by atoms with van der Waals surface area (Å²) in [6, 6.07) is 19.1. The first-order valence-corrected chi connectivity index (χ1v) is 13.0. The minimum Gasteiger partial charge on any atom is -0.380 e. The van der Waals surface area contributed by atoms with Crippen molar-refractivity contribution in [2.75, 3.05) is 30.3 Å². The second-order valence-electron chi connectivity index (χ2n) is 9.74. The molecule has 2 aliphatic rings. The number of nitrogens with one attached hydrogen (secondary N) is 2. The van der Waals surface area contributed by atoms with Crippen LogP contribution in [0.25, 0.3) is 0 Å². The molecule has 2 aliphatic heterocycles. The summed E-state index contributed by atoms with van der Waals surface area (Å²) in [4.78, 5) is 45.5. The van der Waals surface area contributed by atoms with E-state index in [1.807, 2.05) is 52.3 Å². The highest BCUT2D eigenvalue weighted by atomic mass is 16.2. The van der Waals surface area contributed by atoms with Crippen LogP contribution < -0.4 is 16.4 Å². The van der Waals surface area contributed by atoms with Gasteiger partial charge in [0, 0.05) is 62.2 Å². The van der Waals surface area contributed by atoms with Gasteiger partial charge in [0.1, 0.15) is 5.82 Å². The van der Waals surface area contributed by atoms with Crippen molar-refractivity contribution < 1.29 is 14.4 Å². The first-order chi connectivity index (χ1) is 18.5. The molecule has 0 bridgehead atoms. The molecule has 38 heavy (non-hydrogen) atoms. The minimum absolute atomic E-state index is 0.0258. The Morgan fingerprint density at radius 1 is 1.00 bits per heavy atom. The summed E-state index contributed by atoms with van der Waals surface area (Å²) in [5, 5.41) is 6.51. The third-order valence-electron chi connectivity index (χ3n) is 7.18. The number of likely N-dealkylation sites (tertiary alicyclic amines) is 2. The first-order valence-electron chi connectivity index (χ1n) is 13.0. The molecule has 0 unspecified atom stereocenters. The molecule has 1 aromatic heterocycles. The van der Waals surface area contributed by atoms with Crippen LogP contribution in [0.2, 0.25) is 0 Å². The van der Waals surface area contributed by atoms with E-state index in [1.54, 1.807) is 18.2 Å². The molecule has 0 atom stereocenters. The average Bonchev–Trinajstić information content (AvgIpc) is 3.38. The van der Waals surface area contributed by atoms with Gasteiger partial charge in [0.25, 0.3) is 11.8 Å². The van der Waals surface area contributed by atoms with Crippen LogP contribution in [0.5, 0.6) is 0 Å². The van der Waals surface area contributed by atoms with Crippen LogP contribution in [0, 0.1) is 0 Å². The fourth-order valence-electron chi connectivity index (χ4n) is 5.16. The molecule has 9 nitrogen and oxygen atoms in total. The third-order valence-corrected chi connectivity index (χ3v) is 7.18. The Labute approximate surface area is 222 Å². The van der Waals surface area contributed by atoms with Crippen molar-refractivity contribution >= 4 is 34.9 Å². The van der Waals surface area contributed by atoms with Crippen LogP contribution in [0.4, 0.5) is 17.2 Å². The molecule has 2 aromatic carbocycles. The number of aromatic nitrogens is 1. The molecule has 3 aromatic rings. The largest absolute Gasteiger partial charge is 0.380 e. The van der Waals surface area contributed by atoms with Gasteiger partial charge in [-0.2, -0.15) is 0 Å². The van der Waals surface area contributed by atoms with Crippen LogP contribution in [-0.4, -0.2) is 58.2 Å². The molecule has 0 saturated carbocycles. The molecule has 3 heterocycles. The van der Waals surface area contributed by atoms with Gasteiger partial charge in [0.15, 0.2) is 0 Å². The summed E-state index contributed by atoms with van der Waals surface area (Å²) in [6.45, 7) is 2.63. The van der Waals surface area contributed by atoms with Gasteiger partial charge in [-0.05, 0) is 43.0 Å². The predicted octanol–water partition coefficient (Wildman–Crippen LogP) is 3.76. The van der Waals surface area contributed by atoms with E-state index in [-0.39, 0.29) is 17.9 Å². The van der Waals surface area contributed by atoms with E-state index in [9.17, 15) is 14.4 Å². The van der Waals surface area contributed by atoms with E-state index in [0.29, 0.717) is 54.4 Å². The van der Waals surface area contributed by atoms with Gasteiger partial charge in [-0.1, -0.05) is 36.4 Å². The molecule has 3 amide bonds. The summed E-state index contributed by atoms with van der Waals surface area (Å²) < 4.78 is 0. The molecular formula is C29H32N6O3. The van der Waals surface area contributed by atoms with Gasteiger partial charge < -0.3 is 26.2 Å². The Kier molecular flexibility index (Phi) is 7.53. The van der Waals surface area contributed by atoms with Gasteiger partial charge in [-0.3, -0.25) is 14.4 Å². The van der Waals surface area contributed by atoms with Crippen molar-refractivity contribution in [3.63, 3.8) is 0 Å². The molecule has 0 radical (unpaired) electrons. The lowest BCUT2D eigenvalue weighted by Gasteiger charge is -2.36. The SMILES string of the molecule is NC(=O)c1cnc(Nc2cccc(C(=O)N3CCC(N4CCCC4=O)CC3)c2)cc1NCc1ccccc1. The number of primary amides is 1. The molecule has 9 heteroatoms. The summed E-state index contributed by atoms with van der Waals surface area (Å²) in [5.74, 6) is 0.169. The Morgan fingerprint density at radius 2 is 1.79 bits per heavy atom. The van der Waals surface area contributed by atoms with E-state index >= 15 is 0 Å². The van der Waals surface area contributed by atoms with Crippen LogP contribution in [-0.2, 0) is 11.3 Å². The molecule has 2 fully saturated rings. The Hall–Kier alpha value is -4.40. The Morgan fingerprint density at radius 3 is 2.50 bits per heavy atom. The zero-order chi connectivity index (χ0) is 26.5. The number of piperidine rings is 1. The fourth-order valence-corrected chi connectivity index (χ4v) is 5.16. The smallest absolute Gasteiger partial charge is 0.253 e. The van der Waals surface area contributed by atoms with E-state index < -0.39 is 5.91 Å². The van der Waals surface area contributed by atoms with Crippen molar-refractivity contribution in [1.82, 2.24) is 14.8 Å². The number of pyridine rings is 1. The van der Waals surface area contributed by atoms with Gasteiger partial charge in [-0.15, -0.1) is 0 Å². The third kappa shape index (κ3) is 5.77. The molecule has 5 rings (SSSR count). The fraction of sp³-hybridized carbons (Fsp3) is 0.310. The van der Waals surface area contributed by atoms with Crippen molar-refractivity contribution in [3.05, 3.63) is 83.6 Å². The van der Waals surface area contributed by atoms with Crippen LogP contribution >= 0.6 is 0 Å². The van der Waals surface area contributed by atoms with Gasteiger partial charge in [0.05, 0.1) is 11.3 Å². The number of hydrogen-bond donors (Lipinski definition) is 3. The average molecular weight is 513 g/mol. The number of hydrogen-bond acceptors (Lipinski definition) is 6. The quantitative estimate of drug-likeness (QED) is 0.423. The number of carbonyl (C=O) groups is 3. The molecule has 0 aliphatic carbocycles. The van der Waals surface area contributed by atoms with Gasteiger partial charge in [0.2, 0.25) is 5.91 Å². The molecule has 0 spiro atoms. The maximum atomic E-state index is 13.2. The lowest BCUT2D eigenvalue weighted by molar-refractivity contribution is -0.130. The summed E-state index contributed by atoms with van der Waals surface area (Å²) >= 11 is 0. The van der Waals surface area contributed by atoms with Crippen LogP contribution in [0.1, 0.15) is 52.0 Å². The van der Waals surface area contributed by atoms with Crippen molar-refractivity contribution in [2.24, 2.45) is 5.73 Å². The Bertz CT molecular complexity index is 1320. The lowest BCUT2D eigenvalue weighted by Crippen LogP contribution is -2.47. The minimum atomic E-state index is -0.565. The summed E-state index contributed by atoms with van der Waals surface area (Å²) in [5.41, 5.74) is 8.80. The number of carbonyl (C=O) groups excluding carboxylic acids is 3. The van der Waals surface area contributed by atoms with E-state index in [4.69, 9.17) is 5.73 Å². The van der Waals surface area contributed by atoms with Gasteiger partial charge >= 0.3 is 0 Å². The van der Waals surface area contributed by atoms with Gasteiger partial charge in [-0.25, -0.2) is 4.98 Å².